The van der Waals surface area contributed by atoms with Crippen molar-refractivity contribution in [3.05, 3.63) is 53.7 Å². The third-order valence-electron chi connectivity index (χ3n) is 4.66. The Morgan fingerprint density at radius 1 is 0.828 bits per heavy atom. The summed E-state index contributed by atoms with van der Waals surface area (Å²) in [6.45, 7) is 3.60. The van der Waals surface area contributed by atoms with E-state index in [0.29, 0.717) is 28.5 Å². The van der Waals surface area contributed by atoms with Crippen molar-refractivity contribution in [2.24, 2.45) is 0 Å². The molecule has 0 saturated heterocycles. The van der Waals surface area contributed by atoms with Gasteiger partial charge in [-0.25, -0.2) is 0 Å². The van der Waals surface area contributed by atoms with Gasteiger partial charge in [-0.3, -0.25) is 14.5 Å². The molecule has 29 heavy (non-hydrogen) atoms. The highest BCUT2D eigenvalue weighted by atomic mass is 16.5. The molecule has 1 aliphatic rings. The van der Waals surface area contributed by atoms with E-state index >= 15 is 0 Å². The Balaban J connectivity index is 2.13. The highest BCUT2D eigenvalue weighted by Crippen LogP contribution is 2.37. The lowest BCUT2D eigenvalue weighted by molar-refractivity contribution is -0.138. The molecule has 7 heteroatoms. The van der Waals surface area contributed by atoms with Gasteiger partial charge in [0.15, 0.2) is 11.5 Å². The molecule has 2 amide bonds. The number of rotatable bonds is 7. The Hall–Kier alpha value is -3.48. The van der Waals surface area contributed by atoms with Gasteiger partial charge in [-0.1, -0.05) is 18.2 Å². The molecular formula is C22H24N2O5. The van der Waals surface area contributed by atoms with Gasteiger partial charge in [-0.2, -0.15) is 0 Å². The summed E-state index contributed by atoms with van der Waals surface area (Å²) in [6, 6.07) is 12.0. The fraction of sp³-hybridized carbons (Fsp3) is 0.273. The first-order chi connectivity index (χ1) is 13.9. The van der Waals surface area contributed by atoms with Crippen molar-refractivity contribution in [2.45, 2.75) is 19.9 Å². The molecule has 0 aliphatic carbocycles. The first-order valence-electron chi connectivity index (χ1n) is 9.17. The first kappa shape index (κ1) is 20.3. The summed E-state index contributed by atoms with van der Waals surface area (Å²) in [6.07, 6.45) is 0. The van der Waals surface area contributed by atoms with Crippen LogP contribution in [0.4, 0.5) is 5.69 Å². The van der Waals surface area contributed by atoms with E-state index in [1.165, 1.54) is 19.1 Å². The average Bonchev–Trinajstić information content (AvgIpc) is 2.97. The zero-order chi connectivity index (χ0) is 21.1. The average molecular weight is 396 g/mol. The number of benzene rings is 2. The standard InChI is InChI=1S/C22H24N2O5/c1-13(2)24-21(25)19(15-8-6-7-9-16(15)27-3)20(22(24)26)23-14-10-11-17(28-4)18(12-14)29-5/h6-13,23H,1-5H3. The molecule has 1 aliphatic heterocycles. The van der Waals surface area contributed by atoms with Crippen LogP contribution < -0.4 is 19.5 Å². The summed E-state index contributed by atoms with van der Waals surface area (Å²) in [5.74, 6) is 0.836. The van der Waals surface area contributed by atoms with Gasteiger partial charge in [-0.15, -0.1) is 0 Å². The fourth-order valence-corrected chi connectivity index (χ4v) is 3.29. The van der Waals surface area contributed by atoms with Crippen LogP contribution in [-0.2, 0) is 9.59 Å². The van der Waals surface area contributed by atoms with Crippen LogP contribution in [0, 0.1) is 0 Å². The van der Waals surface area contributed by atoms with Crippen LogP contribution in [0.3, 0.4) is 0 Å². The van der Waals surface area contributed by atoms with Crippen molar-refractivity contribution in [3.8, 4) is 17.2 Å². The molecule has 0 spiro atoms. The van der Waals surface area contributed by atoms with Crippen molar-refractivity contribution < 1.29 is 23.8 Å². The van der Waals surface area contributed by atoms with Gasteiger partial charge < -0.3 is 19.5 Å². The van der Waals surface area contributed by atoms with E-state index in [2.05, 4.69) is 5.32 Å². The summed E-state index contributed by atoms with van der Waals surface area (Å²) < 4.78 is 16.0. The van der Waals surface area contributed by atoms with E-state index in [0.717, 1.165) is 0 Å². The number of ether oxygens (including phenoxy) is 3. The zero-order valence-corrected chi connectivity index (χ0v) is 17.1. The van der Waals surface area contributed by atoms with Gasteiger partial charge in [0.05, 0.1) is 26.9 Å². The molecule has 3 rings (SSSR count). The molecule has 0 radical (unpaired) electrons. The summed E-state index contributed by atoms with van der Waals surface area (Å²) >= 11 is 0. The zero-order valence-electron chi connectivity index (χ0n) is 17.1. The third kappa shape index (κ3) is 3.63. The fourth-order valence-electron chi connectivity index (χ4n) is 3.29. The normalized spacial score (nSPS) is 13.9. The van der Waals surface area contributed by atoms with Crippen molar-refractivity contribution in [1.82, 2.24) is 4.90 Å². The molecule has 0 atom stereocenters. The van der Waals surface area contributed by atoms with Gasteiger partial charge in [0.1, 0.15) is 11.4 Å². The van der Waals surface area contributed by atoms with Crippen LogP contribution in [0.15, 0.2) is 48.2 Å². The number of carbonyl (C=O) groups is 2. The Kier molecular flexibility index (Phi) is 5.77. The first-order valence-corrected chi connectivity index (χ1v) is 9.17. The molecule has 152 valence electrons. The Morgan fingerprint density at radius 2 is 1.48 bits per heavy atom. The van der Waals surface area contributed by atoms with E-state index < -0.39 is 0 Å². The SMILES string of the molecule is COc1ccc(NC2=C(c3ccccc3OC)C(=O)N(C(C)C)C2=O)cc1OC. The molecule has 7 nitrogen and oxygen atoms in total. The number of hydrogen-bond acceptors (Lipinski definition) is 6. The van der Waals surface area contributed by atoms with Crippen molar-refractivity contribution in [2.75, 3.05) is 26.6 Å². The largest absolute Gasteiger partial charge is 0.496 e. The van der Waals surface area contributed by atoms with Gasteiger partial charge in [-0.05, 0) is 32.0 Å². The van der Waals surface area contributed by atoms with E-state index in [1.54, 1.807) is 57.4 Å². The molecule has 1 N–H and O–H groups in total. The monoisotopic (exact) mass is 396 g/mol. The Morgan fingerprint density at radius 3 is 2.10 bits per heavy atom. The van der Waals surface area contributed by atoms with Crippen LogP contribution >= 0.6 is 0 Å². The topological polar surface area (TPSA) is 77.1 Å². The molecule has 0 unspecified atom stereocenters. The van der Waals surface area contributed by atoms with Crippen LogP contribution in [0.2, 0.25) is 0 Å². The molecule has 0 aromatic heterocycles. The molecule has 1 heterocycles. The smallest absolute Gasteiger partial charge is 0.278 e. The van der Waals surface area contributed by atoms with Crippen LogP contribution in [0.25, 0.3) is 5.57 Å². The van der Waals surface area contributed by atoms with Crippen LogP contribution in [-0.4, -0.2) is 44.1 Å². The Labute approximate surface area is 169 Å². The number of nitrogens with one attached hydrogen (secondary N) is 1. The van der Waals surface area contributed by atoms with Gasteiger partial charge >= 0.3 is 0 Å². The lowest BCUT2D eigenvalue weighted by atomic mass is 10.0. The summed E-state index contributed by atoms with van der Waals surface area (Å²) in [4.78, 5) is 27.5. The predicted molar refractivity (Wildman–Crippen MR) is 110 cm³/mol. The molecule has 0 saturated carbocycles. The van der Waals surface area contributed by atoms with E-state index in [1.807, 2.05) is 6.07 Å². The second kappa shape index (κ2) is 8.26. The number of nitrogens with zero attached hydrogens (tertiary/aromatic N) is 1. The minimum atomic E-state index is -0.388. The molecule has 2 aromatic rings. The number of anilines is 1. The number of methoxy groups -OCH3 is 3. The number of amides is 2. The van der Waals surface area contributed by atoms with Crippen LogP contribution in [0.5, 0.6) is 17.2 Å². The quantitative estimate of drug-likeness (QED) is 0.724. The van der Waals surface area contributed by atoms with E-state index in [4.69, 9.17) is 14.2 Å². The lowest BCUT2D eigenvalue weighted by Gasteiger charge is -2.19. The lowest BCUT2D eigenvalue weighted by Crippen LogP contribution is -2.38. The highest BCUT2D eigenvalue weighted by Gasteiger charge is 2.41. The van der Waals surface area contributed by atoms with Crippen molar-refractivity contribution >= 4 is 23.1 Å². The molecule has 2 aromatic carbocycles. The van der Waals surface area contributed by atoms with Crippen LogP contribution in [0.1, 0.15) is 19.4 Å². The molecule has 0 fully saturated rings. The minimum absolute atomic E-state index is 0.195. The maximum Gasteiger partial charge on any atom is 0.278 e. The summed E-state index contributed by atoms with van der Waals surface area (Å²) in [5, 5.41) is 3.11. The third-order valence-corrected chi connectivity index (χ3v) is 4.66. The Bertz CT molecular complexity index is 981. The molecular weight excluding hydrogens is 372 g/mol. The maximum absolute atomic E-state index is 13.2. The van der Waals surface area contributed by atoms with Crippen molar-refractivity contribution in [1.29, 1.82) is 0 Å². The summed E-state index contributed by atoms with van der Waals surface area (Å²) in [5.41, 5.74) is 1.62. The number of hydrogen-bond donors (Lipinski definition) is 1. The van der Waals surface area contributed by atoms with Crippen molar-refractivity contribution in [3.63, 3.8) is 0 Å². The number of para-hydroxylation sites is 1. The predicted octanol–water partition coefficient (Wildman–Crippen LogP) is 3.31. The van der Waals surface area contributed by atoms with E-state index in [9.17, 15) is 9.59 Å². The second-order valence-corrected chi connectivity index (χ2v) is 6.72. The van der Waals surface area contributed by atoms with Gasteiger partial charge in [0.2, 0.25) is 0 Å². The highest BCUT2D eigenvalue weighted by molar-refractivity contribution is 6.37. The van der Waals surface area contributed by atoms with Gasteiger partial charge in [0.25, 0.3) is 11.8 Å². The van der Waals surface area contributed by atoms with E-state index in [-0.39, 0.29) is 29.1 Å². The number of carbonyl (C=O) groups excluding carboxylic acids is 2. The van der Waals surface area contributed by atoms with Gasteiger partial charge in [0, 0.05) is 23.4 Å². The second-order valence-electron chi connectivity index (χ2n) is 6.72. The molecule has 0 bridgehead atoms. The minimum Gasteiger partial charge on any atom is -0.496 e. The summed E-state index contributed by atoms with van der Waals surface area (Å²) in [7, 11) is 4.61. The number of imide groups is 1. The maximum atomic E-state index is 13.2.